The van der Waals surface area contributed by atoms with E-state index in [4.69, 9.17) is 10.2 Å². The number of carboxylic acids is 2. The Labute approximate surface area is 263 Å². The molecule has 0 spiro atoms. The number of carboxylic acid groups (broad SMARTS) is 2. The monoisotopic (exact) mass is 567 g/mol. The average Bonchev–Trinajstić information content (AvgIpc) is 2.89. The molecule has 0 aromatic rings. The van der Waals surface area contributed by atoms with E-state index >= 15 is 0 Å². The summed E-state index contributed by atoms with van der Waals surface area (Å²) in [5.41, 5.74) is 0. The second kappa shape index (κ2) is 39.8. The van der Waals surface area contributed by atoms with E-state index in [1.165, 1.54) is 154 Å². The Hall–Kier alpha value is -0.294. The fourth-order valence-corrected chi connectivity index (χ4v) is 4.94. The van der Waals surface area contributed by atoms with Gasteiger partial charge in [-0.2, -0.15) is 0 Å². The predicted octanol–water partition coefficient (Wildman–Crippen LogP) is 11.7. The summed E-state index contributed by atoms with van der Waals surface area (Å²) < 4.78 is 0. The van der Waals surface area contributed by atoms with Gasteiger partial charge in [0.1, 0.15) is 0 Å². The summed E-state index contributed by atoms with van der Waals surface area (Å²) in [5, 5.41) is 17.0. The van der Waals surface area contributed by atoms with Crippen LogP contribution in [0.5, 0.6) is 0 Å². The van der Waals surface area contributed by atoms with Gasteiger partial charge in [0.05, 0.1) is 0 Å². The van der Waals surface area contributed by atoms with Gasteiger partial charge in [-0.1, -0.05) is 181 Å². The van der Waals surface area contributed by atoms with E-state index in [-0.39, 0.29) is 25.9 Å². The molecule has 0 aliphatic carbocycles. The Balaban J connectivity index is -0.000000197. The number of unbranched alkanes of at least 4 members (excludes halogenated alkanes) is 26. The number of hydrogen-bond acceptors (Lipinski definition) is 2. The number of carbonyl (C=O) groups is 2. The van der Waals surface area contributed by atoms with Crippen LogP contribution in [0.15, 0.2) is 0 Å². The molecule has 0 aliphatic rings. The largest absolute Gasteiger partial charge is 2.00 e. The maximum Gasteiger partial charge on any atom is 2.00 e. The van der Waals surface area contributed by atoms with Crippen LogP contribution in [0.3, 0.4) is 0 Å². The summed E-state index contributed by atoms with van der Waals surface area (Å²) in [6, 6.07) is 0. The van der Waals surface area contributed by atoms with Crippen molar-refractivity contribution >= 4 is 35.0 Å². The van der Waals surface area contributed by atoms with Crippen molar-refractivity contribution in [3.63, 3.8) is 0 Å². The SMILES string of the molecule is CCCCCCCCCCCCCCCC(=O)O.CCCCCCCCCCCCCCCCCC(=O)O.[H-].[H-].[Mg+2]. The summed E-state index contributed by atoms with van der Waals surface area (Å²) in [6.07, 6.45) is 37.5. The summed E-state index contributed by atoms with van der Waals surface area (Å²) in [7, 11) is 0. The normalized spacial score (nSPS) is 10.5. The Morgan fingerprint density at radius 2 is 0.513 bits per heavy atom. The fourth-order valence-electron chi connectivity index (χ4n) is 4.94. The van der Waals surface area contributed by atoms with Crippen LogP contribution in [0.4, 0.5) is 0 Å². The third-order valence-corrected chi connectivity index (χ3v) is 7.49. The second-order valence-electron chi connectivity index (χ2n) is 11.5. The summed E-state index contributed by atoms with van der Waals surface area (Å²) >= 11 is 0. The Kier molecular flexibility index (Phi) is 44.1. The third kappa shape index (κ3) is 47.8. The first-order chi connectivity index (χ1) is 18.5. The fraction of sp³-hybridized carbons (Fsp3) is 0.941. The zero-order valence-corrected chi connectivity index (χ0v) is 28.0. The van der Waals surface area contributed by atoms with Crippen molar-refractivity contribution in [2.24, 2.45) is 0 Å². The van der Waals surface area contributed by atoms with Gasteiger partial charge in [0.25, 0.3) is 0 Å². The molecule has 0 atom stereocenters. The minimum Gasteiger partial charge on any atom is -1.00 e. The summed E-state index contributed by atoms with van der Waals surface area (Å²) in [5.74, 6) is -1.31. The van der Waals surface area contributed by atoms with Crippen molar-refractivity contribution in [3.8, 4) is 0 Å². The predicted molar refractivity (Wildman–Crippen MR) is 173 cm³/mol. The van der Waals surface area contributed by atoms with Crippen molar-refractivity contribution < 1.29 is 22.7 Å². The van der Waals surface area contributed by atoms with E-state index in [9.17, 15) is 9.59 Å². The first kappa shape index (κ1) is 43.2. The molecule has 0 bridgehead atoms. The van der Waals surface area contributed by atoms with Crippen LogP contribution in [0, 0.1) is 0 Å². The molecule has 39 heavy (non-hydrogen) atoms. The molecule has 5 heteroatoms. The molecule has 0 aromatic carbocycles. The van der Waals surface area contributed by atoms with Crippen LogP contribution in [0.2, 0.25) is 0 Å². The molecule has 0 saturated carbocycles. The van der Waals surface area contributed by atoms with Gasteiger partial charge in [0.2, 0.25) is 0 Å². The topological polar surface area (TPSA) is 74.6 Å². The van der Waals surface area contributed by atoms with Crippen molar-refractivity contribution in [2.75, 3.05) is 0 Å². The zero-order chi connectivity index (χ0) is 28.4. The van der Waals surface area contributed by atoms with Crippen LogP contribution in [0.1, 0.15) is 209 Å². The molecule has 0 fully saturated rings. The summed E-state index contributed by atoms with van der Waals surface area (Å²) in [4.78, 5) is 20.6. The molecule has 0 heterocycles. The third-order valence-electron chi connectivity index (χ3n) is 7.49. The zero-order valence-electron chi connectivity index (χ0n) is 28.6. The molecule has 4 nitrogen and oxygen atoms in total. The average molecular weight is 567 g/mol. The van der Waals surface area contributed by atoms with Crippen molar-refractivity contribution in [1.82, 2.24) is 0 Å². The standard InChI is InChI=1S/C18H36O2.C16H32O2.Mg.2H/c1-2-3-4-5-6-7-8-9-10-11-12-13-14-15-16-17-18(19)20;1-2-3-4-5-6-7-8-9-10-11-12-13-14-15-16(17)18;;;/h2-17H2,1H3,(H,19,20);2-15H2,1H3,(H,17,18);;;/q;;+2;2*-1. The van der Waals surface area contributed by atoms with Crippen LogP contribution in [-0.2, 0) is 9.59 Å². The van der Waals surface area contributed by atoms with Crippen molar-refractivity contribution in [1.29, 1.82) is 0 Å². The molecule has 232 valence electrons. The van der Waals surface area contributed by atoms with E-state index in [1.54, 1.807) is 0 Å². The molecule has 0 radical (unpaired) electrons. The molecule has 0 aliphatic heterocycles. The maximum atomic E-state index is 10.3. The van der Waals surface area contributed by atoms with Crippen LogP contribution < -0.4 is 0 Å². The van der Waals surface area contributed by atoms with Crippen molar-refractivity contribution in [3.05, 3.63) is 0 Å². The first-order valence-electron chi connectivity index (χ1n) is 17.0. The quantitative estimate of drug-likeness (QED) is 0.0669. The summed E-state index contributed by atoms with van der Waals surface area (Å²) in [6.45, 7) is 4.53. The van der Waals surface area contributed by atoms with E-state index in [1.807, 2.05) is 0 Å². The van der Waals surface area contributed by atoms with Gasteiger partial charge >= 0.3 is 35.0 Å². The van der Waals surface area contributed by atoms with E-state index in [2.05, 4.69) is 13.8 Å². The van der Waals surface area contributed by atoms with E-state index in [0.29, 0.717) is 12.8 Å². The van der Waals surface area contributed by atoms with Gasteiger partial charge in [-0.05, 0) is 12.8 Å². The molecule has 0 aromatic heterocycles. The van der Waals surface area contributed by atoms with Crippen LogP contribution >= 0.6 is 0 Å². The number of hydrogen-bond donors (Lipinski definition) is 2. The number of rotatable bonds is 30. The molecule has 2 N–H and O–H groups in total. The minimum absolute atomic E-state index is 0. The van der Waals surface area contributed by atoms with Crippen LogP contribution in [0.25, 0.3) is 0 Å². The van der Waals surface area contributed by atoms with Crippen LogP contribution in [-0.4, -0.2) is 45.2 Å². The molecule has 0 amide bonds. The van der Waals surface area contributed by atoms with E-state index in [0.717, 1.165) is 25.7 Å². The Morgan fingerprint density at radius 3 is 0.667 bits per heavy atom. The first-order valence-corrected chi connectivity index (χ1v) is 17.0. The van der Waals surface area contributed by atoms with Crippen molar-refractivity contribution in [2.45, 2.75) is 206 Å². The Bertz CT molecular complexity index is 482. The molecule has 0 rings (SSSR count). The molecule has 0 saturated heterocycles. The van der Waals surface area contributed by atoms with Gasteiger partial charge in [-0.25, -0.2) is 0 Å². The smallest absolute Gasteiger partial charge is 1.00 e. The van der Waals surface area contributed by atoms with Gasteiger partial charge in [0, 0.05) is 12.8 Å². The van der Waals surface area contributed by atoms with Gasteiger partial charge < -0.3 is 13.1 Å². The van der Waals surface area contributed by atoms with Gasteiger partial charge in [-0.15, -0.1) is 0 Å². The van der Waals surface area contributed by atoms with Gasteiger partial charge in [0.15, 0.2) is 0 Å². The second-order valence-corrected chi connectivity index (χ2v) is 11.5. The van der Waals surface area contributed by atoms with Gasteiger partial charge in [-0.3, -0.25) is 9.59 Å². The maximum absolute atomic E-state index is 10.3. The minimum atomic E-state index is -0.655. The molecule has 0 unspecified atom stereocenters. The van der Waals surface area contributed by atoms with E-state index < -0.39 is 11.9 Å². The molecular weight excluding hydrogens is 497 g/mol. The number of aliphatic carboxylic acids is 2. The Morgan fingerprint density at radius 1 is 0.359 bits per heavy atom. The molecular formula is C34H70MgO4.